The van der Waals surface area contributed by atoms with Crippen LogP contribution in [0.4, 0.5) is 5.82 Å². The van der Waals surface area contributed by atoms with Gasteiger partial charge in [0.05, 0.1) is 12.5 Å². The Hall–Kier alpha value is -2.67. The van der Waals surface area contributed by atoms with E-state index in [1.54, 1.807) is 27.0 Å². The maximum Gasteiger partial charge on any atom is 0.245 e. The van der Waals surface area contributed by atoms with Gasteiger partial charge in [0.15, 0.2) is 5.82 Å². The smallest absolute Gasteiger partial charge is 0.245 e. The van der Waals surface area contributed by atoms with Crippen molar-refractivity contribution in [2.45, 2.75) is 19.9 Å². The summed E-state index contributed by atoms with van der Waals surface area (Å²) in [5.41, 5.74) is 7.05. The molecule has 0 saturated heterocycles. The second-order valence-electron chi connectivity index (χ2n) is 5.79. The van der Waals surface area contributed by atoms with Crippen molar-refractivity contribution in [3.8, 4) is 0 Å². The molecule has 0 aliphatic rings. The van der Waals surface area contributed by atoms with Crippen molar-refractivity contribution < 1.29 is 14.1 Å². The normalized spacial score (nSPS) is 13.2. The minimum Gasteiger partial charge on any atom is -0.360 e. The SMILES string of the molecule is Cc1cc(NC(=O)CN(C)C(=O)C(C)C(N)c2ccccc2)no1. The first kappa shape index (κ1) is 17.7. The molecule has 7 nitrogen and oxygen atoms in total. The van der Waals surface area contributed by atoms with E-state index in [1.807, 2.05) is 30.3 Å². The molecule has 0 spiro atoms. The number of likely N-dealkylation sites (N-methyl/N-ethyl adjacent to an activating group) is 1. The van der Waals surface area contributed by atoms with Crippen LogP contribution in [0.3, 0.4) is 0 Å². The summed E-state index contributed by atoms with van der Waals surface area (Å²) in [6.07, 6.45) is 0. The second-order valence-corrected chi connectivity index (χ2v) is 5.79. The summed E-state index contributed by atoms with van der Waals surface area (Å²) in [6.45, 7) is 3.40. The number of nitrogens with two attached hydrogens (primary N) is 1. The molecule has 2 atom stereocenters. The molecule has 1 aromatic heterocycles. The summed E-state index contributed by atoms with van der Waals surface area (Å²) in [6, 6.07) is 10.6. The fourth-order valence-corrected chi connectivity index (χ4v) is 2.37. The number of aromatic nitrogens is 1. The van der Waals surface area contributed by atoms with E-state index in [-0.39, 0.29) is 18.4 Å². The third-order valence-corrected chi connectivity index (χ3v) is 3.77. The minimum absolute atomic E-state index is 0.0867. The van der Waals surface area contributed by atoms with Crippen molar-refractivity contribution >= 4 is 17.6 Å². The highest BCUT2D eigenvalue weighted by Crippen LogP contribution is 2.20. The van der Waals surface area contributed by atoms with E-state index < -0.39 is 12.0 Å². The first-order chi connectivity index (χ1) is 11.4. The van der Waals surface area contributed by atoms with Gasteiger partial charge in [0, 0.05) is 19.2 Å². The average molecular weight is 330 g/mol. The Bertz CT molecular complexity index is 699. The lowest BCUT2D eigenvalue weighted by molar-refractivity contribution is -0.137. The molecule has 0 fully saturated rings. The number of nitrogens with one attached hydrogen (secondary N) is 1. The van der Waals surface area contributed by atoms with Crippen molar-refractivity contribution in [3.05, 3.63) is 47.7 Å². The molecule has 0 aliphatic heterocycles. The summed E-state index contributed by atoms with van der Waals surface area (Å²) in [5, 5.41) is 6.26. The maximum atomic E-state index is 12.5. The monoisotopic (exact) mass is 330 g/mol. The fraction of sp³-hybridized carbons (Fsp3) is 0.353. The van der Waals surface area contributed by atoms with Gasteiger partial charge in [-0.2, -0.15) is 0 Å². The fourth-order valence-electron chi connectivity index (χ4n) is 2.37. The van der Waals surface area contributed by atoms with E-state index in [4.69, 9.17) is 10.3 Å². The molecular weight excluding hydrogens is 308 g/mol. The molecule has 2 unspecified atom stereocenters. The molecule has 24 heavy (non-hydrogen) atoms. The van der Waals surface area contributed by atoms with Gasteiger partial charge in [-0.3, -0.25) is 9.59 Å². The van der Waals surface area contributed by atoms with Gasteiger partial charge in [-0.15, -0.1) is 0 Å². The zero-order valence-corrected chi connectivity index (χ0v) is 14.0. The highest BCUT2D eigenvalue weighted by atomic mass is 16.5. The van der Waals surface area contributed by atoms with Crippen LogP contribution in [-0.2, 0) is 9.59 Å². The highest BCUT2D eigenvalue weighted by molar-refractivity contribution is 5.94. The molecule has 128 valence electrons. The number of rotatable bonds is 6. The van der Waals surface area contributed by atoms with E-state index in [1.165, 1.54) is 4.90 Å². The van der Waals surface area contributed by atoms with Crippen molar-refractivity contribution in [3.63, 3.8) is 0 Å². The largest absolute Gasteiger partial charge is 0.360 e. The molecule has 0 aliphatic carbocycles. The Kier molecular flexibility index (Phi) is 5.70. The third-order valence-electron chi connectivity index (χ3n) is 3.77. The average Bonchev–Trinajstić information content (AvgIpc) is 2.98. The number of nitrogens with zero attached hydrogens (tertiary/aromatic N) is 2. The van der Waals surface area contributed by atoms with Crippen molar-refractivity contribution in [2.24, 2.45) is 11.7 Å². The number of hydrogen-bond acceptors (Lipinski definition) is 5. The van der Waals surface area contributed by atoms with E-state index in [0.717, 1.165) is 5.56 Å². The molecule has 2 amide bonds. The Morgan fingerprint density at radius 2 is 2.00 bits per heavy atom. The standard InChI is InChI=1S/C17H22N4O3/c1-11-9-14(20-24-11)19-15(22)10-21(3)17(23)12(2)16(18)13-7-5-4-6-8-13/h4-9,12,16H,10,18H2,1-3H3,(H,19,20,22). The van der Waals surface area contributed by atoms with Crippen LogP contribution in [0.1, 0.15) is 24.3 Å². The number of benzene rings is 1. The topological polar surface area (TPSA) is 101 Å². The van der Waals surface area contributed by atoms with Gasteiger partial charge < -0.3 is 20.5 Å². The lowest BCUT2D eigenvalue weighted by Crippen LogP contribution is -2.41. The summed E-state index contributed by atoms with van der Waals surface area (Å²) in [7, 11) is 1.57. The molecular formula is C17H22N4O3. The van der Waals surface area contributed by atoms with E-state index in [0.29, 0.717) is 11.6 Å². The van der Waals surface area contributed by atoms with Crippen LogP contribution in [0.25, 0.3) is 0 Å². The highest BCUT2D eigenvalue weighted by Gasteiger charge is 2.26. The van der Waals surface area contributed by atoms with Gasteiger partial charge in [0.2, 0.25) is 11.8 Å². The van der Waals surface area contributed by atoms with Crippen molar-refractivity contribution in [2.75, 3.05) is 18.9 Å². The Balaban J connectivity index is 1.92. The quantitative estimate of drug-likeness (QED) is 0.839. The van der Waals surface area contributed by atoms with Gasteiger partial charge in [-0.1, -0.05) is 42.4 Å². The van der Waals surface area contributed by atoms with Crippen LogP contribution >= 0.6 is 0 Å². The third kappa shape index (κ3) is 4.42. The zero-order chi connectivity index (χ0) is 17.7. The summed E-state index contributed by atoms with van der Waals surface area (Å²) in [4.78, 5) is 25.8. The molecule has 2 aromatic rings. The Morgan fingerprint density at radius 1 is 1.33 bits per heavy atom. The molecule has 0 saturated carbocycles. The molecule has 3 N–H and O–H groups in total. The Morgan fingerprint density at radius 3 is 2.58 bits per heavy atom. The Labute approximate surface area is 140 Å². The summed E-state index contributed by atoms with van der Waals surface area (Å²) >= 11 is 0. The number of aryl methyl sites for hydroxylation is 1. The van der Waals surface area contributed by atoms with Crippen molar-refractivity contribution in [1.29, 1.82) is 0 Å². The number of hydrogen-bond donors (Lipinski definition) is 2. The van der Waals surface area contributed by atoms with Crippen LogP contribution < -0.4 is 11.1 Å². The number of carbonyl (C=O) groups excluding carboxylic acids is 2. The molecule has 0 radical (unpaired) electrons. The van der Waals surface area contributed by atoms with Crippen molar-refractivity contribution in [1.82, 2.24) is 10.1 Å². The molecule has 1 aromatic carbocycles. The molecule has 7 heteroatoms. The van der Waals surface area contributed by atoms with Crippen LogP contribution in [-0.4, -0.2) is 35.5 Å². The zero-order valence-electron chi connectivity index (χ0n) is 14.0. The summed E-state index contributed by atoms with van der Waals surface area (Å²) < 4.78 is 4.87. The lowest BCUT2D eigenvalue weighted by Gasteiger charge is -2.25. The molecule has 1 heterocycles. The van der Waals surface area contributed by atoms with Crippen LogP contribution in [0.15, 0.2) is 40.9 Å². The van der Waals surface area contributed by atoms with Gasteiger partial charge in [-0.25, -0.2) is 0 Å². The van der Waals surface area contributed by atoms with E-state index in [2.05, 4.69) is 10.5 Å². The van der Waals surface area contributed by atoms with Gasteiger partial charge >= 0.3 is 0 Å². The summed E-state index contributed by atoms with van der Waals surface area (Å²) in [5.74, 6) is -0.0680. The van der Waals surface area contributed by atoms with Crippen LogP contribution in [0.5, 0.6) is 0 Å². The maximum absolute atomic E-state index is 12.5. The molecule has 0 bridgehead atoms. The number of anilines is 1. The van der Waals surface area contributed by atoms with E-state index >= 15 is 0 Å². The molecule has 2 rings (SSSR count). The first-order valence-electron chi connectivity index (χ1n) is 7.67. The number of carbonyl (C=O) groups is 2. The van der Waals surface area contributed by atoms with Gasteiger partial charge in [0.25, 0.3) is 0 Å². The lowest BCUT2D eigenvalue weighted by atomic mass is 9.94. The minimum atomic E-state index is -0.445. The predicted molar refractivity (Wildman–Crippen MR) is 90.0 cm³/mol. The van der Waals surface area contributed by atoms with Crippen LogP contribution in [0.2, 0.25) is 0 Å². The van der Waals surface area contributed by atoms with E-state index in [9.17, 15) is 9.59 Å². The number of amides is 2. The van der Waals surface area contributed by atoms with Gasteiger partial charge in [-0.05, 0) is 12.5 Å². The van der Waals surface area contributed by atoms with Gasteiger partial charge in [0.1, 0.15) is 5.76 Å². The first-order valence-corrected chi connectivity index (χ1v) is 7.67. The second kappa shape index (κ2) is 7.74. The van der Waals surface area contributed by atoms with Crippen LogP contribution in [0, 0.1) is 12.8 Å². The predicted octanol–water partition coefficient (Wildman–Crippen LogP) is 1.72.